The summed E-state index contributed by atoms with van der Waals surface area (Å²) in [6.07, 6.45) is 5.69. The van der Waals surface area contributed by atoms with E-state index in [1.54, 1.807) is 18.3 Å². The number of aromatic nitrogens is 2. The van der Waals surface area contributed by atoms with Gasteiger partial charge in [-0.3, -0.25) is 9.48 Å². The zero-order valence-electron chi connectivity index (χ0n) is 15.2. The van der Waals surface area contributed by atoms with E-state index in [-0.39, 0.29) is 5.91 Å². The van der Waals surface area contributed by atoms with Crippen molar-refractivity contribution in [3.63, 3.8) is 0 Å². The molecule has 2 aromatic carbocycles. The molecular weight excluding hydrogens is 338 g/mol. The van der Waals surface area contributed by atoms with Crippen molar-refractivity contribution in [3.8, 4) is 6.07 Å². The van der Waals surface area contributed by atoms with Gasteiger partial charge in [-0.15, -0.1) is 0 Å². The summed E-state index contributed by atoms with van der Waals surface area (Å²) in [6.45, 7) is 2.11. The van der Waals surface area contributed by atoms with Crippen molar-refractivity contribution in [2.45, 2.75) is 18.9 Å². The third kappa shape index (κ3) is 3.55. The van der Waals surface area contributed by atoms with Crippen LogP contribution in [-0.2, 0) is 0 Å². The van der Waals surface area contributed by atoms with Crippen LogP contribution in [0.5, 0.6) is 0 Å². The number of hydrogen-bond acceptors (Lipinski definition) is 4. The van der Waals surface area contributed by atoms with Gasteiger partial charge in [0, 0.05) is 11.8 Å². The molecule has 3 aromatic rings. The highest BCUT2D eigenvalue weighted by atomic mass is 16.1. The monoisotopic (exact) mass is 359 g/mol. The minimum Gasteiger partial charge on any atom is -0.319 e. The van der Waals surface area contributed by atoms with Crippen molar-refractivity contribution in [2.75, 3.05) is 25.5 Å². The lowest BCUT2D eigenvalue weighted by Gasteiger charge is -2.28. The van der Waals surface area contributed by atoms with Crippen LogP contribution in [0.25, 0.3) is 10.8 Å². The Morgan fingerprint density at radius 1 is 1.26 bits per heavy atom. The quantitative estimate of drug-likeness (QED) is 0.777. The number of benzene rings is 2. The first-order chi connectivity index (χ1) is 13.1. The normalized spacial score (nSPS) is 15.6. The van der Waals surface area contributed by atoms with Crippen LogP contribution in [0.3, 0.4) is 0 Å². The Bertz CT molecular complexity index is 1020. The van der Waals surface area contributed by atoms with Gasteiger partial charge in [-0.1, -0.05) is 24.3 Å². The van der Waals surface area contributed by atoms with Gasteiger partial charge in [0.05, 0.1) is 29.6 Å². The van der Waals surface area contributed by atoms with Gasteiger partial charge in [-0.05, 0) is 55.9 Å². The lowest BCUT2D eigenvalue weighted by molar-refractivity contribution is 0.102. The predicted molar refractivity (Wildman–Crippen MR) is 105 cm³/mol. The molecule has 0 unspecified atom stereocenters. The summed E-state index contributed by atoms with van der Waals surface area (Å²) in [7, 11) is 2.13. The van der Waals surface area contributed by atoms with Crippen LogP contribution in [-0.4, -0.2) is 40.7 Å². The van der Waals surface area contributed by atoms with E-state index >= 15 is 0 Å². The van der Waals surface area contributed by atoms with Crippen molar-refractivity contribution in [2.24, 2.45) is 0 Å². The summed E-state index contributed by atoms with van der Waals surface area (Å²) < 4.78 is 1.95. The first-order valence-corrected chi connectivity index (χ1v) is 9.11. The Kier molecular flexibility index (Phi) is 4.61. The van der Waals surface area contributed by atoms with E-state index in [4.69, 9.17) is 0 Å². The summed E-state index contributed by atoms with van der Waals surface area (Å²) in [4.78, 5) is 15.2. The number of nitriles is 1. The maximum atomic E-state index is 12.9. The molecule has 1 N–H and O–H groups in total. The SMILES string of the molecule is CN1CCC(n2cc(NC(=O)c3cc(C#N)cc4ccccc34)cn2)CC1. The van der Waals surface area contributed by atoms with E-state index in [1.807, 2.05) is 35.1 Å². The van der Waals surface area contributed by atoms with Crippen molar-refractivity contribution in [1.82, 2.24) is 14.7 Å². The minimum absolute atomic E-state index is 0.230. The number of rotatable bonds is 3. The average Bonchev–Trinajstić information content (AvgIpc) is 3.16. The van der Waals surface area contributed by atoms with Crippen molar-refractivity contribution in [1.29, 1.82) is 5.26 Å². The van der Waals surface area contributed by atoms with Gasteiger partial charge in [0.2, 0.25) is 0 Å². The molecule has 1 aliphatic rings. The van der Waals surface area contributed by atoms with E-state index < -0.39 is 0 Å². The largest absolute Gasteiger partial charge is 0.319 e. The first kappa shape index (κ1) is 17.3. The number of fused-ring (bicyclic) bond motifs is 1. The molecule has 1 fully saturated rings. The second-order valence-corrected chi connectivity index (χ2v) is 7.05. The Morgan fingerprint density at radius 2 is 2.04 bits per heavy atom. The average molecular weight is 359 g/mol. The molecule has 27 heavy (non-hydrogen) atoms. The fraction of sp³-hybridized carbons (Fsp3) is 0.286. The van der Waals surface area contributed by atoms with Crippen LogP contribution < -0.4 is 5.32 Å². The van der Waals surface area contributed by atoms with E-state index in [0.717, 1.165) is 36.7 Å². The molecule has 4 rings (SSSR count). The number of carbonyl (C=O) groups is 1. The number of anilines is 1. The van der Waals surface area contributed by atoms with Crippen LogP contribution in [0, 0.1) is 11.3 Å². The summed E-state index contributed by atoms with van der Waals surface area (Å²) in [6, 6.07) is 13.5. The second-order valence-electron chi connectivity index (χ2n) is 7.05. The van der Waals surface area contributed by atoms with Gasteiger partial charge in [0.15, 0.2) is 0 Å². The summed E-state index contributed by atoms with van der Waals surface area (Å²) in [5.41, 5.74) is 1.64. The molecule has 0 atom stereocenters. The molecule has 1 amide bonds. The summed E-state index contributed by atoms with van der Waals surface area (Å²) in [5, 5.41) is 18.3. The molecule has 0 radical (unpaired) electrons. The van der Waals surface area contributed by atoms with Gasteiger partial charge in [-0.25, -0.2) is 0 Å². The molecule has 1 saturated heterocycles. The van der Waals surface area contributed by atoms with E-state index in [0.29, 0.717) is 22.9 Å². The van der Waals surface area contributed by atoms with Crippen molar-refractivity contribution >= 4 is 22.4 Å². The van der Waals surface area contributed by atoms with Crippen LogP contribution in [0.4, 0.5) is 5.69 Å². The molecule has 1 aliphatic heterocycles. The molecule has 6 nitrogen and oxygen atoms in total. The topological polar surface area (TPSA) is 73.9 Å². The summed E-state index contributed by atoms with van der Waals surface area (Å²) in [5.74, 6) is -0.230. The predicted octanol–water partition coefficient (Wildman–Crippen LogP) is 3.43. The molecule has 2 heterocycles. The van der Waals surface area contributed by atoms with Crippen LogP contribution >= 0.6 is 0 Å². The van der Waals surface area contributed by atoms with Crippen molar-refractivity contribution in [3.05, 3.63) is 59.9 Å². The van der Waals surface area contributed by atoms with Crippen LogP contribution in [0.2, 0.25) is 0 Å². The second kappa shape index (κ2) is 7.22. The van der Waals surface area contributed by atoms with Gasteiger partial charge in [0.1, 0.15) is 0 Å². The number of likely N-dealkylation sites (tertiary alicyclic amines) is 1. The molecule has 0 saturated carbocycles. The number of nitrogens with one attached hydrogen (secondary N) is 1. The van der Waals surface area contributed by atoms with Gasteiger partial charge in [-0.2, -0.15) is 10.4 Å². The zero-order chi connectivity index (χ0) is 18.8. The fourth-order valence-corrected chi connectivity index (χ4v) is 3.62. The third-order valence-corrected chi connectivity index (χ3v) is 5.16. The smallest absolute Gasteiger partial charge is 0.256 e. The maximum Gasteiger partial charge on any atom is 0.256 e. The van der Waals surface area contributed by atoms with Crippen molar-refractivity contribution < 1.29 is 4.79 Å². The molecule has 0 bridgehead atoms. The van der Waals surface area contributed by atoms with Crippen LogP contribution in [0.1, 0.15) is 34.8 Å². The van der Waals surface area contributed by atoms with Gasteiger partial charge < -0.3 is 10.2 Å². The number of carbonyl (C=O) groups excluding carboxylic acids is 1. The molecule has 6 heteroatoms. The number of piperidine rings is 1. The Morgan fingerprint density at radius 3 is 2.81 bits per heavy atom. The van der Waals surface area contributed by atoms with E-state index in [9.17, 15) is 10.1 Å². The highest BCUT2D eigenvalue weighted by Crippen LogP contribution is 2.24. The fourth-order valence-electron chi connectivity index (χ4n) is 3.62. The third-order valence-electron chi connectivity index (χ3n) is 5.16. The number of hydrogen-bond donors (Lipinski definition) is 1. The molecule has 1 aromatic heterocycles. The molecular formula is C21H21N5O. The van der Waals surface area contributed by atoms with E-state index in [1.165, 1.54) is 0 Å². The zero-order valence-corrected chi connectivity index (χ0v) is 15.2. The lowest BCUT2D eigenvalue weighted by Crippen LogP contribution is -2.31. The summed E-state index contributed by atoms with van der Waals surface area (Å²) >= 11 is 0. The highest BCUT2D eigenvalue weighted by molar-refractivity contribution is 6.13. The number of nitrogens with zero attached hydrogens (tertiary/aromatic N) is 4. The Balaban J connectivity index is 1.57. The Labute approximate surface area is 158 Å². The molecule has 136 valence electrons. The van der Waals surface area contributed by atoms with Gasteiger partial charge >= 0.3 is 0 Å². The highest BCUT2D eigenvalue weighted by Gasteiger charge is 2.19. The number of amides is 1. The maximum absolute atomic E-state index is 12.9. The Hall–Kier alpha value is -3.17. The van der Waals surface area contributed by atoms with E-state index in [2.05, 4.69) is 28.4 Å². The lowest BCUT2D eigenvalue weighted by atomic mass is 10.0. The first-order valence-electron chi connectivity index (χ1n) is 9.11. The van der Waals surface area contributed by atoms with Gasteiger partial charge in [0.25, 0.3) is 5.91 Å². The molecule has 0 spiro atoms. The molecule has 0 aliphatic carbocycles. The van der Waals surface area contributed by atoms with Crippen LogP contribution in [0.15, 0.2) is 48.8 Å². The standard InChI is InChI=1S/C21H21N5O/c1-25-8-6-18(7-9-25)26-14-17(13-23-26)24-21(27)20-11-15(12-22)10-16-4-2-3-5-19(16)20/h2-5,10-11,13-14,18H,6-9H2,1H3,(H,24,27). The minimum atomic E-state index is -0.230.